The predicted molar refractivity (Wildman–Crippen MR) is 62.8 cm³/mol. The van der Waals surface area contributed by atoms with Gasteiger partial charge in [-0.25, -0.2) is 0 Å². The number of benzene rings is 1. The molecule has 0 N–H and O–H groups in total. The molecule has 1 aromatic carbocycles. The minimum Gasteiger partial charge on any atom is -0.497 e. The number of methoxy groups -OCH3 is 1. The zero-order chi connectivity index (χ0) is 10.5. The van der Waals surface area contributed by atoms with Crippen molar-refractivity contribution in [3.8, 4) is 5.75 Å². The Kier molecular flexibility index (Phi) is 2.87. The molecular weight excluding hydrogens is 184 g/mol. The Bertz CT molecular complexity index is 455. The highest BCUT2D eigenvalue weighted by Gasteiger charge is 1.97. The first-order chi connectivity index (χ1) is 7.40. The maximum atomic E-state index is 5.11. The van der Waals surface area contributed by atoms with Crippen molar-refractivity contribution in [1.82, 2.24) is 0 Å². The van der Waals surface area contributed by atoms with Crippen LogP contribution in [0.3, 0.4) is 0 Å². The standard InChI is InChI=1S/C14H12O/c1-15-14-10-8-13(9-11-14)12-6-4-2-3-5-7-12/h2-6,8-11H,1H3. The Morgan fingerprint density at radius 2 is 1.80 bits per heavy atom. The van der Waals surface area contributed by atoms with Gasteiger partial charge in [0.1, 0.15) is 5.75 Å². The minimum atomic E-state index is 0.874. The van der Waals surface area contributed by atoms with Crippen molar-refractivity contribution in [3.63, 3.8) is 0 Å². The topological polar surface area (TPSA) is 9.23 Å². The Hall–Kier alpha value is -1.98. The van der Waals surface area contributed by atoms with Crippen LogP contribution in [0.15, 0.2) is 60.4 Å². The van der Waals surface area contributed by atoms with Crippen molar-refractivity contribution >= 4 is 5.57 Å². The summed E-state index contributed by atoms with van der Waals surface area (Å²) < 4.78 is 5.11. The molecule has 0 bridgehead atoms. The van der Waals surface area contributed by atoms with Gasteiger partial charge in [0.25, 0.3) is 0 Å². The summed E-state index contributed by atoms with van der Waals surface area (Å²) in [6.07, 6.45) is 9.92. The van der Waals surface area contributed by atoms with Gasteiger partial charge in [-0.15, -0.1) is 5.73 Å². The lowest BCUT2D eigenvalue weighted by atomic mass is 10.1. The third-order valence-electron chi connectivity index (χ3n) is 2.22. The van der Waals surface area contributed by atoms with Crippen LogP contribution in [-0.2, 0) is 0 Å². The first-order valence-corrected chi connectivity index (χ1v) is 4.84. The Labute approximate surface area is 89.7 Å². The first-order valence-electron chi connectivity index (χ1n) is 4.84. The zero-order valence-corrected chi connectivity index (χ0v) is 8.60. The van der Waals surface area contributed by atoms with Gasteiger partial charge in [-0.3, -0.25) is 0 Å². The van der Waals surface area contributed by atoms with Crippen molar-refractivity contribution in [2.75, 3.05) is 7.11 Å². The second-order valence-electron chi connectivity index (χ2n) is 3.20. The lowest BCUT2D eigenvalue weighted by Crippen LogP contribution is -1.83. The van der Waals surface area contributed by atoms with Gasteiger partial charge < -0.3 is 4.74 Å². The van der Waals surface area contributed by atoms with Crippen LogP contribution in [0.25, 0.3) is 5.57 Å². The molecule has 0 radical (unpaired) electrons. The van der Waals surface area contributed by atoms with Crippen LogP contribution >= 0.6 is 0 Å². The molecule has 0 aliphatic heterocycles. The zero-order valence-electron chi connectivity index (χ0n) is 8.60. The van der Waals surface area contributed by atoms with E-state index in [0.717, 1.165) is 16.9 Å². The van der Waals surface area contributed by atoms with Crippen LogP contribution in [0.5, 0.6) is 5.75 Å². The quantitative estimate of drug-likeness (QED) is 0.659. The molecule has 15 heavy (non-hydrogen) atoms. The molecule has 0 unspecified atom stereocenters. The molecule has 1 heteroatoms. The summed E-state index contributed by atoms with van der Waals surface area (Å²) in [5.41, 5.74) is 5.44. The highest BCUT2D eigenvalue weighted by Crippen LogP contribution is 2.19. The van der Waals surface area contributed by atoms with Crippen LogP contribution in [0.4, 0.5) is 0 Å². The molecule has 2 rings (SSSR count). The number of rotatable bonds is 2. The molecule has 0 saturated heterocycles. The van der Waals surface area contributed by atoms with Crippen LogP contribution in [0, 0.1) is 0 Å². The Morgan fingerprint density at radius 3 is 2.53 bits per heavy atom. The summed E-state index contributed by atoms with van der Waals surface area (Å²) in [5, 5.41) is 0. The van der Waals surface area contributed by atoms with Crippen LogP contribution in [0.2, 0.25) is 0 Å². The van der Waals surface area contributed by atoms with Crippen LogP contribution < -0.4 is 4.74 Å². The van der Waals surface area contributed by atoms with Gasteiger partial charge in [0.2, 0.25) is 0 Å². The van der Waals surface area contributed by atoms with Crippen molar-refractivity contribution in [2.45, 2.75) is 0 Å². The SMILES string of the molecule is COc1ccc(C2=C=CC=CC=C2)cc1. The molecular formula is C14H12O. The van der Waals surface area contributed by atoms with E-state index in [1.807, 2.05) is 54.6 Å². The van der Waals surface area contributed by atoms with Gasteiger partial charge >= 0.3 is 0 Å². The normalized spacial score (nSPS) is 13.5. The third kappa shape index (κ3) is 2.28. The molecule has 0 saturated carbocycles. The van der Waals surface area contributed by atoms with Gasteiger partial charge in [0, 0.05) is 5.57 Å². The number of allylic oxidation sites excluding steroid dienone is 5. The van der Waals surface area contributed by atoms with E-state index in [1.54, 1.807) is 7.11 Å². The van der Waals surface area contributed by atoms with Gasteiger partial charge in [0.15, 0.2) is 0 Å². The molecule has 0 atom stereocenters. The fourth-order valence-electron chi connectivity index (χ4n) is 1.41. The Morgan fingerprint density at radius 1 is 1.00 bits per heavy atom. The van der Waals surface area contributed by atoms with Gasteiger partial charge in [-0.05, 0) is 29.8 Å². The molecule has 1 nitrogen and oxygen atoms in total. The van der Waals surface area contributed by atoms with E-state index >= 15 is 0 Å². The third-order valence-corrected chi connectivity index (χ3v) is 2.22. The summed E-state index contributed by atoms with van der Waals surface area (Å²) in [7, 11) is 1.67. The van der Waals surface area contributed by atoms with E-state index in [4.69, 9.17) is 4.74 Å². The molecule has 1 aliphatic carbocycles. The molecule has 74 valence electrons. The molecule has 0 amide bonds. The van der Waals surface area contributed by atoms with Gasteiger partial charge in [-0.2, -0.15) is 0 Å². The van der Waals surface area contributed by atoms with Crippen LogP contribution in [0.1, 0.15) is 5.56 Å². The molecule has 0 fully saturated rings. The summed E-state index contributed by atoms with van der Waals surface area (Å²) in [5.74, 6) is 0.874. The van der Waals surface area contributed by atoms with E-state index in [1.165, 1.54) is 0 Å². The second kappa shape index (κ2) is 4.50. The highest BCUT2D eigenvalue weighted by molar-refractivity contribution is 5.74. The molecule has 0 heterocycles. The first kappa shape index (κ1) is 9.57. The number of hydrogen-bond donors (Lipinski definition) is 0. The van der Waals surface area contributed by atoms with Gasteiger partial charge in [0.05, 0.1) is 7.11 Å². The summed E-state index contributed by atoms with van der Waals surface area (Å²) in [4.78, 5) is 0. The van der Waals surface area contributed by atoms with E-state index in [2.05, 4.69) is 5.73 Å². The maximum Gasteiger partial charge on any atom is 0.118 e. The van der Waals surface area contributed by atoms with Crippen molar-refractivity contribution in [2.24, 2.45) is 0 Å². The van der Waals surface area contributed by atoms with Crippen molar-refractivity contribution in [3.05, 3.63) is 65.9 Å². The fraction of sp³-hybridized carbons (Fsp3) is 0.0714. The average Bonchev–Trinajstić information content (AvgIpc) is 2.58. The number of ether oxygens (including phenoxy) is 1. The Balaban J connectivity index is 2.34. The largest absolute Gasteiger partial charge is 0.497 e. The van der Waals surface area contributed by atoms with E-state index in [-0.39, 0.29) is 0 Å². The van der Waals surface area contributed by atoms with Gasteiger partial charge in [-0.1, -0.05) is 30.4 Å². The van der Waals surface area contributed by atoms with E-state index in [9.17, 15) is 0 Å². The minimum absolute atomic E-state index is 0.874. The maximum absolute atomic E-state index is 5.11. The van der Waals surface area contributed by atoms with E-state index < -0.39 is 0 Å². The summed E-state index contributed by atoms with van der Waals surface area (Å²) >= 11 is 0. The molecule has 0 aromatic heterocycles. The van der Waals surface area contributed by atoms with Crippen LogP contribution in [-0.4, -0.2) is 7.11 Å². The predicted octanol–water partition coefficient (Wildman–Crippen LogP) is 3.36. The monoisotopic (exact) mass is 196 g/mol. The second-order valence-corrected chi connectivity index (χ2v) is 3.20. The summed E-state index contributed by atoms with van der Waals surface area (Å²) in [6, 6.07) is 7.97. The van der Waals surface area contributed by atoms with Crippen molar-refractivity contribution in [1.29, 1.82) is 0 Å². The van der Waals surface area contributed by atoms with Crippen molar-refractivity contribution < 1.29 is 4.74 Å². The highest BCUT2D eigenvalue weighted by atomic mass is 16.5. The number of hydrogen-bond acceptors (Lipinski definition) is 1. The average molecular weight is 196 g/mol. The lowest BCUT2D eigenvalue weighted by molar-refractivity contribution is 0.415. The molecule has 1 aromatic rings. The molecule has 0 spiro atoms. The smallest absolute Gasteiger partial charge is 0.118 e. The molecule has 1 aliphatic rings. The lowest BCUT2D eigenvalue weighted by Gasteiger charge is -2.02. The fourth-order valence-corrected chi connectivity index (χ4v) is 1.41. The van der Waals surface area contributed by atoms with E-state index in [0.29, 0.717) is 0 Å². The summed E-state index contributed by atoms with van der Waals surface area (Å²) in [6.45, 7) is 0.